The van der Waals surface area contributed by atoms with Crippen molar-refractivity contribution in [3.63, 3.8) is 0 Å². The molecule has 0 aromatic heterocycles. The summed E-state index contributed by atoms with van der Waals surface area (Å²) >= 11 is 12.3. The molecule has 0 atom stereocenters. The Kier molecular flexibility index (Phi) is 7.28. The number of carbonyl (C=O) groups excluding carboxylic acids is 1. The Hall–Kier alpha value is -2.82. The van der Waals surface area contributed by atoms with Crippen molar-refractivity contribution in [1.82, 2.24) is 0 Å². The fourth-order valence-electron chi connectivity index (χ4n) is 2.45. The molecule has 0 amide bonds. The predicted molar refractivity (Wildman–Crippen MR) is 112 cm³/mol. The first-order valence-electron chi connectivity index (χ1n) is 8.76. The van der Waals surface area contributed by atoms with E-state index in [4.69, 9.17) is 32.7 Å². The van der Waals surface area contributed by atoms with Crippen LogP contribution in [0.3, 0.4) is 0 Å². The Morgan fingerprint density at radius 3 is 2.21 bits per heavy atom. The summed E-state index contributed by atoms with van der Waals surface area (Å²) in [6.07, 6.45) is 2.98. The first-order chi connectivity index (χ1) is 14.0. The fourth-order valence-corrected chi connectivity index (χ4v) is 2.95. The van der Waals surface area contributed by atoms with Crippen LogP contribution in [0.15, 0.2) is 72.8 Å². The van der Waals surface area contributed by atoms with Crippen LogP contribution in [-0.4, -0.2) is 5.97 Å². The zero-order valence-corrected chi connectivity index (χ0v) is 16.8. The molecule has 0 fully saturated rings. The van der Waals surface area contributed by atoms with Crippen LogP contribution in [0.5, 0.6) is 5.75 Å². The van der Waals surface area contributed by atoms with Gasteiger partial charge in [-0.3, -0.25) is 0 Å². The topological polar surface area (TPSA) is 35.5 Å². The Morgan fingerprint density at radius 1 is 0.897 bits per heavy atom. The second-order valence-corrected chi connectivity index (χ2v) is 6.94. The summed E-state index contributed by atoms with van der Waals surface area (Å²) < 4.78 is 23.7. The summed E-state index contributed by atoms with van der Waals surface area (Å²) in [5, 5.41) is 1.10. The SMILES string of the molecule is O=C(C=Cc1ccc(OCc2c(Cl)cccc2Cl)cc1)OCc1ccc(F)cc1. The number of ether oxygens (including phenoxy) is 2. The molecule has 3 aromatic carbocycles. The highest BCUT2D eigenvalue weighted by molar-refractivity contribution is 6.35. The van der Waals surface area contributed by atoms with Crippen molar-refractivity contribution in [3.05, 3.63) is 105 Å². The van der Waals surface area contributed by atoms with E-state index >= 15 is 0 Å². The van der Waals surface area contributed by atoms with Crippen LogP contribution in [-0.2, 0) is 22.7 Å². The third kappa shape index (κ3) is 6.34. The van der Waals surface area contributed by atoms with E-state index in [0.29, 0.717) is 21.4 Å². The third-order valence-electron chi connectivity index (χ3n) is 4.03. The van der Waals surface area contributed by atoms with E-state index < -0.39 is 5.97 Å². The fraction of sp³-hybridized carbons (Fsp3) is 0.0870. The molecule has 0 radical (unpaired) electrons. The molecule has 0 bridgehead atoms. The van der Waals surface area contributed by atoms with Crippen LogP contribution in [0.4, 0.5) is 4.39 Å². The van der Waals surface area contributed by atoms with Crippen LogP contribution in [0.1, 0.15) is 16.7 Å². The van der Waals surface area contributed by atoms with Gasteiger partial charge >= 0.3 is 5.97 Å². The highest BCUT2D eigenvalue weighted by atomic mass is 35.5. The number of benzene rings is 3. The maximum Gasteiger partial charge on any atom is 0.331 e. The van der Waals surface area contributed by atoms with Crippen LogP contribution in [0.25, 0.3) is 6.08 Å². The van der Waals surface area contributed by atoms with Gasteiger partial charge in [0.1, 0.15) is 24.8 Å². The quantitative estimate of drug-likeness (QED) is 0.318. The van der Waals surface area contributed by atoms with E-state index in [1.165, 1.54) is 18.2 Å². The van der Waals surface area contributed by atoms with Gasteiger partial charge in [-0.05, 0) is 53.6 Å². The largest absolute Gasteiger partial charge is 0.489 e. The van der Waals surface area contributed by atoms with Crippen molar-refractivity contribution >= 4 is 35.2 Å². The minimum absolute atomic E-state index is 0.0842. The third-order valence-corrected chi connectivity index (χ3v) is 4.74. The molecule has 3 aromatic rings. The summed E-state index contributed by atoms with van der Waals surface area (Å²) in [4.78, 5) is 11.8. The van der Waals surface area contributed by atoms with Crippen molar-refractivity contribution in [2.75, 3.05) is 0 Å². The van der Waals surface area contributed by atoms with Crippen molar-refractivity contribution in [1.29, 1.82) is 0 Å². The van der Waals surface area contributed by atoms with Crippen molar-refractivity contribution in [2.24, 2.45) is 0 Å². The van der Waals surface area contributed by atoms with Gasteiger partial charge in [0.25, 0.3) is 0 Å². The molecule has 0 unspecified atom stereocenters. The molecule has 0 aliphatic heterocycles. The lowest BCUT2D eigenvalue weighted by Gasteiger charge is -2.09. The standard InChI is InChI=1S/C23H17Cl2FO3/c24-21-2-1-3-22(25)20(21)15-28-19-11-6-16(7-12-19)8-13-23(27)29-14-17-4-9-18(26)10-5-17/h1-13H,14-15H2. The summed E-state index contributed by atoms with van der Waals surface area (Å²) in [5.41, 5.74) is 2.25. The molecule has 0 N–H and O–H groups in total. The zero-order chi connectivity index (χ0) is 20.6. The molecule has 148 valence electrons. The van der Waals surface area contributed by atoms with Gasteiger partial charge in [0.05, 0.1) is 0 Å². The number of rotatable bonds is 7. The average Bonchev–Trinajstić information content (AvgIpc) is 2.72. The molecule has 3 nitrogen and oxygen atoms in total. The van der Waals surface area contributed by atoms with E-state index in [1.807, 2.05) is 12.1 Å². The van der Waals surface area contributed by atoms with Crippen LogP contribution >= 0.6 is 23.2 Å². The van der Waals surface area contributed by atoms with Gasteiger partial charge in [-0.1, -0.05) is 53.5 Å². The maximum absolute atomic E-state index is 12.9. The van der Waals surface area contributed by atoms with E-state index in [9.17, 15) is 9.18 Å². The first-order valence-corrected chi connectivity index (χ1v) is 9.52. The van der Waals surface area contributed by atoms with Crippen molar-refractivity contribution in [3.8, 4) is 5.75 Å². The minimum Gasteiger partial charge on any atom is -0.489 e. The van der Waals surface area contributed by atoms with Gasteiger partial charge < -0.3 is 9.47 Å². The molecular formula is C23H17Cl2FO3. The van der Waals surface area contributed by atoms with E-state index in [0.717, 1.165) is 11.1 Å². The van der Waals surface area contributed by atoms with Gasteiger partial charge in [0.2, 0.25) is 0 Å². The molecule has 6 heteroatoms. The van der Waals surface area contributed by atoms with Gasteiger partial charge in [0, 0.05) is 21.7 Å². The summed E-state index contributed by atoms with van der Waals surface area (Å²) in [6.45, 7) is 0.338. The molecule has 0 aliphatic rings. The van der Waals surface area contributed by atoms with Crippen LogP contribution in [0.2, 0.25) is 10.0 Å². The monoisotopic (exact) mass is 430 g/mol. The van der Waals surface area contributed by atoms with E-state index in [1.54, 1.807) is 48.5 Å². The summed E-state index contributed by atoms with van der Waals surface area (Å²) in [7, 11) is 0. The van der Waals surface area contributed by atoms with E-state index in [2.05, 4.69) is 0 Å². The molecule has 0 saturated carbocycles. The molecular weight excluding hydrogens is 414 g/mol. The average molecular weight is 431 g/mol. The van der Waals surface area contributed by atoms with Gasteiger partial charge in [-0.15, -0.1) is 0 Å². The van der Waals surface area contributed by atoms with Gasteiger partial charge in [0.15, 0.2) is 0 Å². The number of halogens is 3. The number of esters is 1. The lowest BCUT2D eigenvalue weighted by atomic mass is 10.2. The summed E-state index contributed by atoms with van der Waals surface area (Å²) in [6, 6.07) is 18.3. The Balaban J connectivity index is 1.50. The van der Waals surface area contributed by atoms with Crippen molar-refractivity contribution < 1.29 is 18.7 Å². The number of carbonyl (C=O) groups is 1. The molecule has 3 rings (SSSR count). The predicted octanol–water partition coefficient (Wildman–Crippen LogP) is 6.47. The number of hydrogen-bond donors (Lipinski definition) is 0. The lowest BCUT2D eigenvalue weighted by Crippen LogP contribution is -2.00. The minimum atomic E-state index is -0.483. The zero-order valence-electron chi connectivity index (χ0n) is 15.3. The first kappa shape index (κ1) is 20.9. The second kappa shape index (κ2) is 10.1. The smallest absolute Gasteiger partial charge is 0.331 e. The van der Waals surface area contributed by atoms with Gasteiger partial charge in [-0.25, -0.2) is 9.18 Å². The van der Waals surface area contributed by atoms with E-state index in [-0.39, 0.29) is 19.0 Å². The Bertz CT molecular complexity index is 979. The highest BCUT2D eigenvalue weighted by Crippen LogP contribution is 2.26. The second-order valence-electron chi connectivity index (χ2n) is 6.13. The Labute approximate surface area is 178 Å². The number of hydrogen-bond acceptors (Lipinski definition) is 3. The van der Waals surface area contributed by atoms with Crippen LogP contribution in [0, 0.1) is 5.82 Å². The highest BCUT2D eigenvalue weighted by Gasteiger charge is 2.06. The molecule has 0 saturated heterocycles. The molecule has 29 heavy (non-hydrogen) atoms. The maximum atomic E-state index is 12.9. The van der Waals surface area contributed by atoms with Crippen molar-refractivity contribution in [2.45, 2.75) is 13.2 Å². The molecule has 0 aliphatic carbocycles. The Morgan fingerprint density at radius 2 is 1.55 bits per heavy atom. The summed E-state index contributed by atoms with van der Waals surface area (Å²) in [5.74, 6) is -0.164. The van der Waals surface area contributed by atoms with Gasteiger partial charge in [-0.2, -0.15) is 0 Å². The lowest BCUT2D eigenvalue weighted by molar-refractivity contribution is -0.138. The molecule has 0 spiro atoms. The van der Waals surface area contributed by atoms with Crippen LogP contribution < -0.4 is 4.74 Å². The normalized spacial score (nSPS) is 10.9. The molecule has 0 heterocycles.